The fourth-order valence-corrected chi connectivity index (χ4v) is 12.5. The predicted molar refractivity (Wildman–Crippen MR) is 116 cm³/mol. The van der Waals surface area contributed by atoms with E-state index in [0.717, 1.165) is 38.5 Å². The average Bonchev–Trinajstić information content (AvgIpc) is 2.68. The van der Waals surface area contributed by atoms with Crippen LogP contribution in [0, 0.1) is 0 Å². The molecule has 0 aromatic heterocycles. The third kappa shape index (κ3) is 7.40. The first kappa shape index (κ1) is 25.8. The van der Waals surface area contributed by atoms with Gasteiger partial charge in [-0.25, -0.2) is 0 Å². The summed E-state index contributed by atoms with van der Waals surface area (Å²) in [7, 11) is -5.43. The van der Waals surface area contributed by atoms with Gasteiger partial charge in [-0.3, -0.25) is 0 Å². The number of hydrogen-bond acceptors (Lipinski definition) is 4. The molecule has 0 fully saturated rings. The lowest BCUT2D eigenvalue weighted by Gasteiger charge is -2.43. The van der Waals surface area contributed by atoms with Crippen LogP contribution in [0.5, 0.6) is 0 Å². The smallest absolute Gasteiger partial charge is 0.369 e. The van der Waals surface area contributed by atoms with E-state index in [1.807, 2.05) is 11.4 Å². The maximum absolute atomic E-state index is 6.44. The van der Waals surface area contributed by atoms with Gasteiger partial charge >= 0.3 is 17.1 Å². The minimum atomic E-state index is -2.71. The predicted octanol–water partition coefficient (Wildman–Crippen LogP) is 5.74. The highest BCUT2D eigenvalue weighted by atomic mass is 28.4. The van der Waals surface area contributed by atoms with Gasteiger partial charge in [0.25, 0.3) is 0 Å². The summed E-state index contributed by atoms with van der Waals surface area (Å²) in [4.78, 5) is 0. The Balaban J connectivity index is 6.06. The van der Waals surface area contributed by atoms with Crippen molar-refractivity contribution >= 4 is 17.1 Å². The molecule has 0 bridgehead atoms. The van der Waals surface area contributed by atoms with Gasteiger partial charge in [0.1, 0.15) is 0 Å². The zero-order valence-electron chi connectivity index (χ0n) is 17.9. The quantitative estimate of drug-likeness (QED) is 0.274. The molecule has 0 amide bonds. The number of hydrogen-bond donors (Lipinski definition) is 0. The summed E-state index contributed by atoms with van der Waals surface area (Å²) in [6, 6.07) is 0. The van der Waals surface area contributed by atoms with Crippen molar-refractivity contribution in [2.75, 3.05) is 26.4 Å². The SMILES string of the molecule is C=C[Si](OCCC)(OCCC)C(CCC)[Si](C=C)(OCCC)OCCC. The standard InChI is InChI=1S/C20H42O4Si2/c1-8-15-20(25(13-6,21-16-9-2)22-17-10-3)26(14-7,23-18-11-4)24-19-12-5/h13-14,20H,6-12,15-19H2,1-5H3. The van der Waals surface area contributed by atoms with Crippen LogP contribution < -0.4 is 0 Å². The molecular formula is C20H42O4Si2. The molecule has 154 valence electrons. The van der Waals surface area contributed by atoms with Crippen molar-refractivity contribution in [3.05, 3.63) is 24.6 Å². The van der Waals surface area contributed by atoms with E-state index in [9.17, 15) is 0 Å². The molecule has 0 aliphatic carbocycles. The van der Waals surface area contributed by atoms with Crippen LogP contribution in [0.1, 0.15) is 73.1 Å². The first-order valence-corrected chi connectivity index (χ1v) is 14.3. The van der Waals surface area contributed by atoms with Gasteiger partial charge in [-0.1, -0.05) is 41.0 Å². The van der Waals surface area contributed by atoms with Gasteiger partial charge in [0.05, 0.1) is 5.16 Å². The molecule has 0 aromatic rings. The van der Waals surface area contributed by atoms with Crippen molar-refractivity contribution in [3.63, 3.8) is 0 Å². The van der Waals surface area contributed by atoms with E-state index in [1.54, 1.807) is 0 Å². The zero-order valence-corrected chi connectivity index (χ0v) is 19.9. The zero-order chi connectivity index (χ0) is 19.9. The fourth-order valence-electron chi connectivity index (χ4n) is 3.02. The molecule has 0 aliphatic rings. The third-order valence-electron chi connectivity index (χ3n) is 4.24. The topological polar surface area (TPSA) is 36.9 Å². The van der Waals surface area contributed by atoms with Crippen molar-refractivity contribution in [2.45, 2.75) is 78.3 Å². The molecule has 0 aromatic carbocycles. The average molecular weight is 403 g/mol. The van der Waals surface area contributed by atoms with Crippen LogP contribution >= 0.6 is 0 Å². The van der Waals surface area contributed by atoms with Crippen molar-refractivity contribution in [1.29, 1.82) is 0 Å². The van der Waals surface area contributed by atoms with E-state index >= 15 is 0 Å². The highest BCUT2D eigenvalue weighted by Gasteiger charge is 2.58. The summed E-state index contributed by atoms with van der Waals surface area (Å²) >= 11 is 0. The highest BCUT2D eigenvalue weighted by Crippen LogP contribution is 2.40. The molecule has 4 nitrogen and oxygen atoms in total. The molecule has 0 heterocycles. The van der Waals surface area contributed by atoms with E-state index in [2.05, 4.69) is 47.8 Å². The Labute approximate surface area is 164 Å². The molecule has 6 heteroatoms. The molecular weight excluding hydrogens is 360 g/mol. The van der Waals surface area contributed by atoms with Crippen LogP contribution in [-0.2, 0) is 17.7 Å². The van der Waals surface area contributed by atoms with Gasteiger partial charge < -0.3 is 17.7 Å². The van der Waals surface area contributed by atoms with E-state index in [0.29, 0.717) is 26.4 Å². The highest BCUT2D eigenvalue weighted by molar-refractivity contribution is 6.92. The molecule has 26 heavy (non-hydrogen) atoms. The Bertz CT molecular complexity index is 329. The fraction of sp³-hybridized carbons (Fsp3) is 0.800. The lowest BCUT2D eigenvalue weighted by molar-refractivity contribution is 0.144. The third-order valence-corrected chi connectivity index (χ3v) is 12.9. The Morgan fingerprint density at radius 2 is 0.923 bits per heavy atom. The van der Waals surface area contributed by atoms with E-state index in [4.69, 9.17) is 17.7 Å². The lowest BCUT2D eigenvalue weighted by atomic mass is 10.4. The van der Waals surface area contributed by atoms with Gasteiger partial charge in [0.2, 0.25) is 0 Å². The molecule has 0 atom stereocenters. The lowest BCUT2D eigenvalue weighted by Crippen LogP contribution is -2.60. The summed E-state index contributed by atoms with van der Waals surface area (Å²) < 4.78 is 25.8. The second-order valence-corrected chi connectivity index (χ2v) is 13.4. The minimum absolute atomic E-state index is 0.0891. The first-order valence-electron chi connectivity index (χ1n) is 10.4. The molecule has 0 spiro atoms. The first-order chi connectivity index (χ1) is 12.6. The summed E-state index contributed by atoms with van der Waals surface area (Å²) in [6.07, 6.45) is 5.76. The van der Waals surface area contributed by atoms with Crippen LogP contribution in [0.3, 0.4) is 0 Å². The van der Waals surface area contributed by atoms with Crippen LogP contribution in [0.2, 0.25) is 5.16 Å². The van der Waals surface area contributed by atoms with Gasteiger partial charge in [-0.05, 0) is 43.5 Å². The summed E-state index contributed by atoms with van der Waals surface area (Å²) in [5, 5.41) is 0.0891. The van der Waals surface area contributed by atoms with E-state index in [-0.39, 0.29) is 5.16 Å². The Kier molecular flexibility index (Phi) is 14.6. The van der Waals surface area contributed by atoms with E-state index in [1.165, 1.54) is 0 Å². The van der Waals surface area contributed by atoms with Crippen molar-refractivity contribution in [2.24, 2.45) is 0 Å². The largest absolute Gasteiger partial charge is 0.391 e. The summed E-state index contributed by atoms with van der Waals surface area (Å²) in [6.45, 7) is 21.6. The maximum atomic E-state index is 6.44. The second kappa shape index (κ2) is 14.8. The van der Waals surface area contributed by atoms with Crippen molar-refractivity contribution < 1.29 is 17.7 Å². The summed E-state index contributed by atoms with van der Waals surface area (Å²) in [5.74, 6) is 0. The molecule has 0 radical (unpaired) electrons. The van der Waals surface area contributed by atoms with Crippen LogP contribution in [0.15, 0.2) is 24.6 Å². The Morgan fingerprint density at radius 1 is 0.615 bits per heavy atom. The molecule has 0 saturated heterocycles. The van der Waals surface area contributed by atoms with Gasteiger partial charge in [0.15, 0.2) is 0 Å². The number of rotatable bonds is 18. The molecule has 0 saturated carbocycles. The van der Waals surface area contributed by atoms with Gasteiger partial charge in [0, 0.05) is 26.4 Å². The van der Waals surface area contributed by atoms with Crippen LogP contribution in [0.25, 0.3) is 0 Å². The van der Waals surface area contributed by atoms with Crippen LogP contribution in [-0.4, -0.2) is 43.5 Å². The van der Waals surface area contributed by atoms with Gasteiger partial charge in [-0.15, -0.1) is 13.2 Å². The van der Waals surface area contributed by atoms with Crippen LogP contribution in [0.4, 0.5) is 0 Å². The monoisotopic (exact) mass is 402 g/mol. The maximum Gasteiger partial charge on any atom is 0.369 e. The minimum Gasteiger partial charge on any atom is -0.391 e. The molecule has 0 rings (SSSR count). The van der Waals surface area contributed by atoms with Crippen molar-refractivity contribution in [1.82, 2.24) is 0 Å². The normalized spacial score (nSPS) is 12.5. The Morgan fingerprint density at radius 3 is 1.12 bits per heavy atom. The van der Waals surface area contributed by atoms with E-state index < -0.39 is 17.1 Å². The Hall–Kier alpha value is -0.246. The molecule has 0 unspecified atom stereocenters. The molecule has 0 aliphatic heterocycles. The van der Waals surface area contributed by atoms with Crippen molar-refractivity contribution in [3.8, 4) is 0 Å². The second-order valence-electron chi connectivity index (χ2n) is 6.59. The van der Waals surface area contributed by atoms with Gasteiger partial charge in [-0.2, -0.15) is 0 Å². The molecule has 0 N–H and O–H groups in total. The summed E-state index contributed by atoms with van der Waals surface area (Å²) in [5.41, 5.74) is 3.91.